The molecule has 0 saturated heterocycles. The van der Waals surface area contributed by atoms with Crippen LogP contribution in [0.15, 0.2) is 182 Å². The first-order valence-corrected chi connectivity index (χ1v) is 21.8. The molecule has 10 rings (SSSR count). The zero-order valence-electron chi connectivity index (χ0n) is 35.9. The first kappa shape index (κ1) is 39.4. The SMILES string of the molecule is CC1(C)c2ccccc2-c2ccc(N(c3ccc(CCO)cc3)c3ccc(-c4ccc(N(c5ccc(CCO)cc5)c5ccc6c(c5)C(C)(C)c5ccccc5-6)cc4)cc3)cc21. The van der Waals surface area contributed by atoms with E-state index >= 15 is 0 Å². The highest BCUT2D eigenvalue weighted by Gasteiger charge is 2.37. The lowest BCUT2D eigenvalue weighted by Gasteiger charge is -2.29. The van der Waals surface area contributed by atoms with Gasteiger partial charge in [0.25, 0.3) is 0 Å². The average molecular weight is 809 g/mol. The molecule has 2 aliphatic rings. The molecule has 0 radical (unpaired) electrons. The number of hydrogen-bond acceptors (Lipinski definition) is 4. The fourth-order valence-electron chi connectivity index (χ4n) is 10.0. The van der Waals surface area contributed by atoms with Crippen LogP contribution in [-0.4, -0.2) is 23.4 Å². The van der Waals surface area contributed by atoms with Crippen molar-refractivity contribution < 1.29 is 10.2 Å². The van der Waals surface area contributed by atoms with Crippen LogP contribution in [-0.2, 0) is 23.7 Å². The summed E-state index contributed by atoms with van der Waals surface area (Å²) in [5, 5.41) is 19.2. The van der Waals surface area contributed by atoms with Crippen LogP contribution in [0.5, 0.6) is 0 Å². The van der Waals surface area contributed by atoms with Crippen molar-refractivity contribution in [1.82, 2.24) is 0 Å². The normalized spacial score (nSPS) is 13.8. The lowest BCUT2D eigenvalue weighted by Crippen LogP contribution is -2.16. The van der Waals surface area contributed by atoms with Gasteiger partial charge in [0.05, 0.1) is 0 Å². The molecule has 0 heterocycles. The molecule has 62 heavy (non-hydrogen) atoms. The van der Waals surface area contributed by atoms with E-state index in [1.54, 1.807) is 0 Å². The van der Waals surface area contributed by atoms with Crippen molar-refractivity contribution in [1.29, 1.82) is 0 Å². The average Bonchev–Trinajstić information content (AvgIpc) is 3.67. The Kier molecular flexibility index (Phi) is 9.94. The summed E-state index contributed by atoms with van der Waals surface area (Å²) in [4.78, 5) is 4.68. The Bertz CT molecular complexity index is 2710. The molecule has 0 saturated carbocycles. The van der Waals surface area contributed by atoms with E-state index in [9.17, 15) is 10.2 Å². The maximum Gasteiger partial charge on any atom is 0.0471 e. The molecule has 0 aromatic heterocycles. The minimum absolute atomic E-state index is 0.115. The van der Waals surface area contributed by atoms with Gasteiger partial charge >= 0.3 is 0 Å². The number of hydrogen-bond donors (Lipinski definition) is 2. The third-order valence-corrected chi connectivity index (χ3v) is 13.4. The highest BCUT2D eigenvalue weighted by molar-refractivity contribution is 5.88. The number of aliphatic hydroxyl groups is 2. The van der Waals surface area contributed by atoms with E-state index in [1.165, 1.54) is 44.5 Å². The second kappa shape index (κ2) is 15.6. The molecule has 0 fully saturated rings. The Hall–Kier alpha value is -6.72. The van der Waals surface area contributed by atoms with Crippen LogP contribution < -0.4 is 9.80 Å². The molecule has 0 spiro atoms. The van der Waals surface area contributed by atoms with Crippen molar-refractivity contribution in [3.05, 3.63) is 215 Å². The standard InChI is InChI=1S/C58H52N2O2/c1-57(2)53-11-7-5-9-49(53)51-31-29-47(37-55(51)57)59(43-21-13-39(14-22-43)33-35-61)45-25-17-41(18-26-45)42-19-27-46(28-20-42)60(44-23-15-40(16-24-44)34-36-62)48-30-32-52-50-10-6-8-12-54(50)58(3,4)56(52)38-48/h5-32,37-38,61-62H,33-36H2,1-4H3. The fourth-order valence-corrected chi connectivity index (χ4v) is 10.0. The number of benzene rings is 8. The van der Waals surface area contributed by atoms with E-state index in [4.69, 9.17) is 0 Å². The van der Waals surface area contributed by atoms with Gasteiger partial charge in [-0.1, -0.05) is 137 Å². The maximum absolute atomic E-state index is 9.62. The summed E-state index contributed by atoms with van der Waals surface area (Å²) in [5.74, 6) is 0. The Balaban J connectivity index is 0.994. The maximum atomic E-state index is 9.62. The van der Waals surface area contributed by atoms with Gasteiger partial charge in [0.15, 0.2) is 0 Å². The molecule has 8 aromatic carbocycles. The summed E-state index contributed by atoms with van der Waals surface area (Å²) in [7, 11) is 0. The molecule has 2 N–H and O–H groups in total. The van der Waals surface area contributed by atoms with Crippen molar-refractivity contribution in [3.8, 4) is 33.4 Å². The Morgan fingerprint density at radius 3 is 1.00 bits per heavy atom. The third-order valence-electron chi connectivity index (χ3n) is 13.4. The first-order valence-electron chi connectivity index (χ1n) is 21.8. The molecular weight excluding hydrogens is 757 g/mol. The van der Waals surface area contributed by atoms with Gasteiger partial charge in [-0.3, -0.25) is 0 Å². The lowest BCUT2D eigenvalue weighted by molar-refractivity contribution is 0.299. The minimum Gasteiger partial charge on any atom is -0.396 e. The van der Waals surface area contributed by atoms with Crippen molar-refractivity contribution in [2.24, 2.45) is 0 Å². The van der Waals surface area contributed by atoms with Crippen LogP contribution in [0, 0.1) is 0 Å². The quantitative estimate of drug-likeness (QED) is 0.137. The molecule has 0 atom stereocenters. The van der Waals surface area contributed by atoms with E-state index in [0.717, 1.165) is 56.4 Å². The summed E-state index contributed by atoms with van der Waals surface area (Å²) in [6.07, 6.45) is 1.27. The summed E-state index contributed by atoms with van der Waals surface area (Å²) >= 11 is 0. The minimum atomic E-state index is -0.115. The van der Waals surface area contributed by atoms with Gasteiger partial charge < -0.3 is 20.0 Å². The van der Waals surface area contributed by atoms with Crippen molar-refractivity contribution >= 4 is 34.1 Å². The van der Waals surface area contributed by atoms with Gasteiger partial charge in [-0.25, -0.2) is 0 Å². The van der Waals surface area contributed by atoms with E-state index in [-0.39, 0.29) is 24.0 Å². The van der Waals surface area contributed by atoms with Crippen LogP contribution in [0.4, 0.5) is 34.1 Å². The van der Waals surface area contributed by atoms with Gasteiger partial charge in [0.1, 0.15) is 0 Å². The summed E-state index contributed by atoms with van der Waals surface area (Å²) in [6.45, 7) is 9.57. The predicted molar refractivity (Wildman–Crippen MR) is 258 cm³/mol. The zero-order valence-corrected chi connectivity index (χ0v) is 35.9. The second-order valence-electron chi connectivity index (χ2n) is 17.8. The van der Waals surface area contributed by atoms with Gasteiger partial charge in [-0.15, -0.1) is 0 Å². The van der Waals surface area contributed by atoms with E-state index in [0.29, 0.717) is 12.8 Å². The molecular formula is C58H52N2O2. The summed E-state index contributed by atoms with van der Waals surface area (Å²) < 4.78 is 0. The fraction of sp³-hybridized carbons (Fsp3) is 0.172. The van der Waals surface area contributed by atoms with E-state index in [2.05, 4.69) is 219 Å². The Labute approximate surface area is 366 Å². The highest BCUT2D eigenvalue weighted by Crippen LogP contribution is 2.52. The van der Waals surface area contributed by atoms with Crippen LogP contribution in [0.2, 0.25) is 0 Å². The largest absolute Gasteiger partial charge is 0.396 e. The van der Waals surface area contributed by atoms with Crippen molar-refractivity contribution in [3.63, 3.8) is 0 Å². The smallest absolute Gasteiger partial charge is 0.0471 e. The molecule has 306 valence electrons. The topological polar surface area (TPSA) is 46.9 Å². The van der Waals surface area contributed by atoms with E-state index < -0.39 is 0 Å². The van der Waals surface area contributed by atoms with Crippen LogP contribution in [0.1, 0.15) is 61.1 Å². The molecule has 0 aliphatic heterocycles. The predicted octanol–water partition coefficient (Wildman–Crippen LogP) is 14.0. The number of rotatable bonds is 11. The van der Waals surface area contributed by atoms with Gasteiger partial charge in [-0.05, 0) is 152 Å². The number of fused-ring (bicyclic) bond motifs is 6. The third kappa shape index (κ3) is 6.71. The first-order chi connectivity index (χ1) is 30.1. The van der Waals surface area contributed by atoms with E-state index in [1.807, 2.05) is 0 Å². The van der Waals surface area contributed by atoms with Gasteiger partial charge in [-0.2, -0.15) is 0 Å². The molecule has 0 unspecified atom stereocenters. The monoisotopic (exact) mass is 808 g/mol. The second-order valence-corrected chi connectivity index (χ2v) is 17.8. The Morgan fingerprint density at radius 1 is 0.339 bits per heavy atom. The van der Waals surface area contributed by atoms with Crippen LogP contribution in [0.25, 0.3) is 33.4 Å². The molecule has 4 nitrogen and oxygen atoms in total. The molecule has 2 aliphatic carbocycles. The van der Waals surface area contributed by atoms with Gasteiger partial charge in [0, 0.05) is 58.2 Å². The summed E-state index contributed by atoms with van der Waals surface area (Å²) in [5.41, 5.74) is 21.4. The number of anilines is 6. The molecule has 8 aromatic rings. The van der Waals surface area contributed by atoms with Crippen molar-refractivity contribution in [2.75, 3.05) is 23.0 Å². The number of nitrogens with zero attached hydrogens (tertiary/aromatic N) is 2. The zero-order chi connectivity index (χ0) is 42.6. The highest BCUT2D eigenvalue weighted by atomic mass is 16.3. The Morgan fingerprint density at radius 2 is 0.645 bits per heavy atom. The van der Waals surface area contributed by atoms with Crippen LogP contribution >= 0.6 is 0 Å². The van der Waals surface area contributed by atoms with Gasteiger partial charge in [0.2, 0.25) is 0 Å². The molecule has 0 bridgehead atoms. The lowest BCUT2D eigenvalue weighted by atomic mass is 9.82. The van der Waals surface area contributed by atoms with Crippen molar-refractivity contribution in [2.45, 2.75) is 51.4 Å². The number of aliphatic hydroxyl groups excluding tert-OH is 2. The molecule has 0 amide bonds. The van der Waals surface area contributed by atoms with Crippen LogP contribution in [0.3, 0.4) is 0 Å². The summed E-state index contributed by atoms with van der Waals surface area (Å²) in [6, 6.07) is 66.3. The molecule has 4 heteroatoms.